The number of ketones is 2. The number of phenols is 1. The molecule has 7 heteroatoms. The number of carbonyl (C=O) groups excluding carboxylic acids is 4. The normalized spacial score (nSPS) is 28.9. The monoisotopic (exact) mass is 447 g/mol. The standard InChI is InChI=1S/C26H25NO6/c1-4-27-25(31)15-9-8-13-16(21(15)26(27)32)11-17-22(18(28)10-12(2)23(17)29)20(13)14-6-5-7-19(33-3)24(14)30/h5-8,10,15-16,20-21,30H,4,9,11H2,1-3H3/t15-,16+,20+,21-/m0/s1. The Morgan fingerprint density at radius 1 is 1.12 bits per heavy atom. The number of ether oxygens (including phenoxy) is 1. The molecule has 7 nitrogen and oxygen atoms in total. The van der Waals surface area contributed by atoms with Crippen molar-refractivity contribution in [2.24, 2.45) is 17.8 Å². The lowest BCUT2D eigenvalue weighted by atomic mass is 9.59. The number of carbonyl (C=O) groups is 4. The third-order valence-electron chi connectivity index (χ3n) is 7.53. The minimum atomic E-state index is -0.686. The highest BCUT2D eigenvalue weighted by molar-refractivity contribution is 6.23. The Kier molecular flexibility index (Phi) is 4.88. The molecule has 33 heavy (non-hydrogen) atoms. The van der Waals surface area contributed by atoms with Gasteiger partial charge in [0.2, 0.25) is 11.8 Å². The lowest BCUT2D eigenvalue weighted by molar-refractivity contribution is -0.139. The predicted molar refractivity (Wildman–Crippen MR) is 118 cm³/mol. The molecule has 4 atom stereocenters. The number of para-hydroxylation sites is 1. The molecule has 0 aromatic heterocycles. The number of fused-ring (bicyclic) bond motifs is 3. The second-order valence-corrected chi connectivity index (χ2v) is 9.05. The van der Waals surface area contributed by atoms with Gasteiger partial charge in [0.25, 0.3) is 0 Å². The van der Waals surface area contributed by atoms with Gasteiger partial charge in [0.1, 0.15) is 0 Å². The second kappa shape index (κ2) is 7.54. The van der Waals surface area contributed by atoms with E-state index in [1.165, 1.54) is 18.1 Å². The lowest BCUT2D eigenvalue weighted by Gasteiger charge is -2.42. The number of phenolic OH excluding ortho intramolecular Hbond substituents is 1. The SMILES string of the molecule is CCN1C(=O)[C@H]2[C@H](CC=C3[C@H](c4cccc(OC)c4O)C4=C(C[C@H]32)C(=O)C(C)=CC4=O)C1=O. The Morgan fingerprint density at radius 3 is 2.58 bits per heavy atom. The van der Waals surface area contributed by atoms with Gasteiger partial charge in [0, 0.05) is 34.7 Å². The number of allylic oxidation sites excluding steroid dienone is 6. The van der Waals surface area contributed by atoms with Crippen molar-refractivity contribution in [2.75, 3.05) is 13.7 Å². The maximum atomic E-state index is 13.2. The first kappa shape index (κ1) is 21.4. The Balaban J connectivity index is 1.73. The number of hydrogen-bond acceptors (Lipinski definition) is 6. The molecule has 5 rings (SSSR count). The van der Waals surface area contributed by atoms with Crippen molar-refractivity contribution >= 4 is 23.4 Å². The van der Waals surface area contributed by atoms with Crippen molar-refractivity contribution in [1.82, 2.24) is 4.90 Å². The van der Waals surface area contributed by atoms with E-state index in [-0.39, 0.29) is 41.3 Å². The predicted octanol–water partition coefficient (Wildman–Crippen LogP) is 2.85. The van der Waals surface area contributed by atoms with Gasteiger partial charge in [-0.3, -0.25) is 24.1 Å². The van der Waals surface area contributed by atoms with Crippen LogP contribution >= 0.6 is 0 Å². The molecule has 0 unspecified atom stereocenters. The van der Waals surface area contributed by atoms with E-state index < -0.39 is 23.7 Å². The van der Waals surface area contributed by atoms with Gasteiger partial charge in [-0.05, 0) is 44.7 Å². The number of amides is 2. The first-order valence-electron chi connectivity index (χ1n) is 11.2. The average Bonchev–Trinajstić information content (AvgIpc) is 3.06. The highest BCUT2D eigenvalue weighted by atomic mass is 16.5. The average molecular weight is 447 g/mol. The van der Waals surface area contributed by atoms with Gasteiger partial charge in [-0.15, -0.1) is 0 Å². The zero-order valence-corrected chi connectivity index (χ0v) is 18.8. The van der Waals surface area contributed by atoms with Crippen LogP contribution < -0.4 is 4.74 Å². The van der Waals surface area contributed by atoms with E-state index in [4.69, 9.17) is 4.74 Å². The molecule has 4 aliphatic rings. The minimum absolute atomic E-state index is 0.101. The lowest BCUT2D eigenvalue weighted by Crippen LogP contribution is -2.39. The van der Waals surface area contributed by atoms with Crippen molar-refractivity contribution in [1.29, 1.82) is 0 Å². The van der Waals surface area contributed by atoms with Crippen LogP contribution in [0.25, 0.3) is 0 Å². The first-order valence-corrected chi connectivity index (χ1v) is 11.2. The summed E-state index contributed by atoms with van der Waals surface area (Å²) in [5.74, 6) is -2.83. The summed E-state index contributed by atoms with van der Waals surface area (Å²) in [6.07, 6.45) is 3.90. The summed E-state index contributed by atoms with van der Waals surface area (Å²) < 4.78 is 5.29. The van der Waals surface area contributed by atoms with Crippen LogP contribution in [0.1, 0.15) is 38.2 Å². The summed E-state index contributed by atoms with van der Waals surface area (Å²) in [6.45, 7) is 3.69. The number of hydrogen-bond donors (Lipinski definition) is 1. The molecule has 1 fully saturated rings. The van der Waals surface area contributed by atoms with Gasteiger partial charge in [-0.2, -0.15) is 0 Å². The maximum absolute atomic E-state index is 13.2. The summed E-state index contributed by atoms with van der Waals surface area (Å²) >= 11 is 0. The van der Waals surface area contributed by atoms with E-state index in [0.717, 1.165) is 5.57 Å². The minimum Gasteiger partial charge on any atom is -0.504 e. The van der Waals surface area contributed by atoms with Gasteiger partial charge in [-0.25, -0.2) is 0 Å². The highest BCUT2D eigenvalue weighted by Gasteiger charge is 2.56. The molecular weight excluding hydrogens is 422 g/mol. The molecule has 170 valence electrons. The van der Waals surface area contributed by atoms with Crippen LogP contribution in [-0.2, 0) is 19.2 Å². The first-order chi connectivity index (χ1) is 15.8. The molecule has 1 N–H and O–H groups in total. The Morgan fingerprint density at radius 2 is 1.88 bits per heavy atom. The topological polar surface area (TPSA) is 101 Å². The van der Waals surface area contributed by atoms with E-state index in [9.17, 15) is 24.3 Å². The van der Waals surface area contributed by atoms with Gasteiger partial charge in [-0.1, -0.05) is 23.8 Å². The number of benzene rings is 1. The maximum Gasteiger partial charge on any atom is 0.233 e. The second-order valence-electron chi connectivity index (χ2n) is 9.05. The summed E-state index contributed by atoms with van der Waals surface area (Å²) in [5, 5.41) is 11.0. The number of methoxy groups -OCH3 is 1. The molecule has 2 amide bonds. The van der Waals surface area contributed by atoms with Crippen LogP contribution in [0.4, 0.5) is 0 Å². The summed E-state index contributed by atoms with van der Waals surface area (Å²) in [5.41, 5.74) is 2.35. The van der Waals surface area contributed by atoms with Crippen LogP contribution in [0.2, 0.25) is 0 Å². The van der Waals surface area contributed by atoms with Crippen LogP contribution in [0.5, 0.6) is 11.5 Å². The van der Waals surface area contributed by atoms with Crippen molar-refractivity contribution < 1.29 is 29.0 Å². The van der Waals surface area contributed by atoms with Crippen LogP contribution in [0.15, 0.2) is 52.6 Å². The number of imide groups is 1. The van der Waals surface area contributed by atoms with E-state index in [2.05, 4.69) is 0 Å². The zero-order valence-electron chi connectivity index (χ0n) is 18.8. The molecule has 1 heterocycles. The van der Waals surface area contributed by atoms with Gasteiger partial charge < -0.3 is 9.84 Å². The Bertz CT molecular complexity index is 1220. The smallest absolute Gasteiger partial charge is 0.233 e. The third-order valence-corrected chi connectivity index (χ3v) is 7.53. The van der Waals surface area contributed by atoms with Crippen molar-refractivity contribution in [3.05, 3.63) is 58.2 Å². The molecule has 1 aromatic rings. The molecule has 0 radical (unpaired) electrons. The third kappa shape index (κ3) is 2.88. The summed E-state index contributed by atoms with van der Waals surface area (Å²) in [7, 11) is 1.45. The van der Waals surface area contributed by atoms with Crippen LogP contribution in [-0.4, -0.2) is 47.0 Å². The van der Waals surface area contributed by atoms with Crippen molar-refractivity contribution in [3.8, 4) is 11.5 Å². The van der Waals surface area contributed by atoms with E-state index >= 15 is 0 Å². The zero-order chi connectivity index (χ0) is 23.6. The summed E-state index contributed by atoms with van der Waals surface area (Å²) in [6, 6.07) is 5.06. The Labute approximate surface area is 191 Å². The van der Waals surface area contributed by atoms with Crippen LogP contribution in [0, 0.1) is 17.8 Å². The quantitative estimate of drug-likeness (QED) is 0.434. The highest BCUT2D eigenvalue weighted by Crippen LogP contribution is 2.56. The fourth-order valence-corrected chi connectivity index (χ4v) is 6.05. The number of nitrogens with zero attached hydrogens (tertiary/aromatic N) is 1. The molecule has 0 saturated carbocycles. The number of Topliss-reactive ketones (excluding diaryl/α,β-unsaturated/α-hetero) is 1. The largest absolute Gasteiger partial charge is 0.504 e. The molecular formula is C26H25NO6. The fourth-order valence-electron chi connectivity index (χ4n) is 6.05. The summed E-state index contributed by atoms with van der Waals surface area (Å²) in [4.78, 5) is 53.8. The van der Waals surface area contributed by atoms with Crippen LogP contribution in [0.3, 0.4) is 0 Å². The number of likely N-dealkylation sites (tertiary alicyclic amines) is 1. The molecule has 1 saturated heterocycles. The van der Waals surface area contributed by atoms with E-state index in [0.29, 0.717) is 35.2 Å². The molecule has 0 bridgehead atoms. The fraction of sp³-hybridized carbons (Fsp3) is 0.385. The van der Waals surface area contributed by atoms with E-state index in [1.807, 2.05) is 6.08 Å². The molecule has 1 aromatic carbocycles. The molecule has 1 aliphatic heterocycles. The number of rotatable bonds is 3. The van der Waals surface area contributed by atoms with Gasteiger partial charge in [0.15, 0.2) is 23.1 Å². The molecule has 0 spiro atoms. The Hall–Kier alpha value is -3.48. The van der Waals surface area contributed by atoms with Crippen molar-refractivity contribution in [3.63, 3.8) is 0 Å². The van der Waals surface area contributed by atoms with Gasteiger partial charge >= 0.3 is 0 Å². The van der Waals surface area contributed by atoms with E-state index in [1.54, 1.807) is 32.0 Å². The number of aromatic hydroxyl groups is 1. The van der Waals surface area contributed by atoms with Gasteiger partial charge in [0.05, 0.1) is 18.9 Å². The molecule has 3 aliphatic carbocycles. The van der Waals surface area contributed by atoms with Crippen molar-refractivity contribution in [2.45, 2.75) is 32.6 Å².